The molecule has 6 heteroatoms. The van der Waals surface area contributed by atoms with E-state index >= 15 is 0 Å². The van der Waals surface area contributed by atoms with Gasteiger partial charge in [0.25, 0.3) is 5.69 Å². The van der Waals surface area contributed by atoms with Crippen LogP contribution in [0.5, 0.6) is 0 Å². The van der Waals surface area contributed by atoms with Crippen LogP contribution in [0.4, 0.5) is 11.4 Å². The van der Waals surface area contributed by atoms with E-state index in [1.165, 1.54) is 6.07 Å². The van der Waals surface area contributed by atoms with Crippen molar-refractivity contribution in [2.75, 3.05) is 24.7 Å². The Hall–Kier alpha value is -1.66. The summed E-state index contributed by atoms with van der Waals surface area (Å²) in [5.74, 6) is 0. The number of morpholine rings is 1. The quantitative estimate of drug-likeness (QED) is 0.661. The number of anilines is 1. The molecule has 1 aromatic rings. The molecule has 0 bridgehead atoms. The van der Waals surface area contributed by atoms with Crippen molar-refractivity contribution in [1.82, 2.24) is 0 Å². The standard InChI is InChI=1S/C13H18N2O4/c1-10(16)8-11-9-19-7-6-14(11)12-4-2-3-5-13(12)15(17)18/h2-5,10-11,16H,6-9H2,1H3. The van der Waals surface area contributed by atoms with E-state index in [1.54, 1.807) is 25.1 Å². The number of hydrogen-bond acceptors (Lipinski definition) is 5. The Morgan fingerprint density at radius 1 is 1.58 bits per heavy atom. The molecule has 1 heterocycles. The highest BCUT2D eigenvalue weighted by Crippen LogP contribution is 2.31. The second-order valence-corrected chi connectivity index (χ2v) is 4.75. The van der Waals surface area contributed by atoms with Gasteiger partial charge in [0.2, 0.25) is 0 Å². The summed E-state index contributed by atoms with van der Waals surface area (Å²) < 4.78 is 5.41. The SMILES string of the molecule is CC(O)CC1COCCN1c1ccccc1[N+](=O)[O-]. The van der Waals surface area contributed by atoms with E-state index in [9.17, 15) is 15.2 Å². The van der Waals surface area contributed by atoms with Crippen LogP contribution < -0.4 is 4.90 Å². The predicted molar refractivity (Wildman–Crippen MR) is 71.3 cm³/mol. The molecule has 0 radical (unpaired) electrons. The Morgan fingerprint density at radius 3 is 3.00 bits per heavy atom. The zero-order valence-corrected chi connectivity index (χ0v) is 10.9. The van der Waals surface area contributed by atoms with Crippen molar-refractivity contribution < 1.29 is 14.8 Å². The molecule has 6 nitrogen and oxygen atoms in total. The third-order valence-corrected chi connectivity index (χ3v) is 3.23. The molecule has 1 aliphatic heterocycles. The van der Waals surface area contributed by atoms with Crippen LogP contribution in [0, 0.1) is 10.1 Å². The Bertz CT molecular complexity index is 450. The van der Waals surface area contributed by atoms with Gasteiger partial charge in [0, 0.05) is 12.6 Å². The van der Waals surface area contributed by atoms with Crippen LogP contribution in [-0.4, -0.2) is 41.9 Å². The third kappa shape index (κ3) is 3.21. The van der Waals surface area contributed by atoms with Gasteiger partial charge in [-0.05, 0) is 19.4 Å². The molecule has 1 saturated heterocycles. The third-order valence-electron chi connectivity index (χ3n) is 3.23. The Morgan fingerprint density at radius 2 is 2.32 bits per heavy atom. The molecule has 0 aliphatic carbocycles. The maximum absolute atomic E-state index is 11.1. The number of para-hydroxylation sites is 2. The van der Waals surface area contributed by atoms with Gasteiger partial charge in [-0.15, -0.1) is 0 Å². The molecule has 0 spiro atoms. The first kappa shape index (κ1) is 13.8. The number of aliphatic hydroxyl groups excluding tert-OH is 1. The lowest BCUT2D eigenvalue weighted by atomic mass is 10.1. The van der Waals surface area contributed by atoms with Crippen LogP contribution in [-0.2, 0) is 4.74 Å². The zero-order chi connectivity index (χ0) is 13.8. The number of aliphatic hydroxyl groups is 1. The number of nitro benzene ring substituents is 1. The first-order chi connectivity index (χ1) is 9.09. The van der Waals surface area contributed by atoms with Gasteiger partial charge in [-0.25, -0.2) is 0 Å². The van der Waals surface area contributed by atoms with Crippen LogP contribution >= 0.6 is 0 Å². The molecule has 0 saturated carbocycles. The van der Waals surface area contributed by atoms with E-state index in [0.717, 1.165) is 0 Å². The fraction of sp³-hybridized carbons (Fsp3) is 0.538. The van der Waals surface area contributed by atoms with Crippen molar-refractivity contribution >= 4 is 11.4 Å². The van der Waals surface area contributed by atoms with Crippen LogP contribution in [0.2, 0.25) is 0 Å². The second-order valence-electron chi connectivity index (χ2n) is 4.75. The average Bonchev–Trinajstić information content (AvgIpc) is 2.38. The molecular weight excluding hydrogens is 248 g/mol. The Kier molecular flexibility index (Phi) is 4.34. The fourth-order valence-corrected chi connectivity index (χ4v) is 2.42. The zero-order valence-electron chi connectivity index (χ0n) is 10.9. The molecule has 104 valence electrons. The summed E-state index contributed by atoms with van der Waals surface area (Å²) in [6.07, 6.45) is 0.0726. The average molecular weight is 266 g/mol. The van der Waals surface area contributed by atoms with Crippen LogP contribution in [0.15, 0.2) is 24.3 Å². The van der Waals surface area contributed by atoms with Crippen molar-refractivity contribution in [3.63, 3.8) is 0 Å². The maximum Gasteiger partial charge on any atom is 0.292 e. The summed E-state index contributed by atoms with van der Waals surface area (Å²) in [7, 11) is 0. The minimum absolute atomic E-state index is 0.0325. The number of benzene rings is 1. The molecule has 2 unspecified atom stereocenters. The molecule has 2 rings (SSSR count). The number of rotatable bonds is 4. The van der Waals surface area contributed by atoms with Gasteiger partial charge < -0.3 is 14.7 Å². The van der Waals surface area contributed by atoms with E-state index in [2.05, 4.69) is 0 Å². The number of nitro groups is 1. The lowest BCUT2D eigenvalue weighted by Gasteiger charge is -2.37. The van der Waals surface area contributed by atoms with E-state index in [0.29, 0.717) is 31.9 Å². The minimum atomic E-state index is -0.461. The van der Waals surface area contributed by atoms with Crippen LogP contribution in [0.1, 0.15) is 13.3 Å². The normalized spacial score (nSPS) is 21.2. The summed E-state index contributed by atoms with van der Waals surface area (Å²) >= 11 is 0. The Labute approximate surface area is 111 Å². The summed E-state index contributed by atoms with van der Waals surface area (Å²) in [6.45, 7) is 3.34. The summed E-state index contributed by atoms with van der Waals surface area (Å²) in [6, 6.07) is 6.67. The van der Waals surface area contributed by atoms with Gasteiger partial charge >= 0.3 is 0 Å². The largest absolute Gasteiger partial charge is 0.393 e. The molecular formula is C13H18N2O4. The second kappa shape index (κ2) is 5.99. The Balaban J connectivity index is 2.29. The molecule has 1 N–H and O–H groups in total. The van der Waals surface area contributed by atoms with E-state index in [1.807, 2.05) is 4.90 Å². The number of ether oxygens (including phenoxy) is 1. The van der Waals surface area contributed by atoms with Crippen molar-refractivity contribution in [1.29, 1.82) is 0 Å². The number of nitrogens with zero attached hydrogens (tertiary/aromatic N) is 2. The van der Waals surface area contributed by atoms with Gasteiger partial charge in [0.05, 0.1) is 30.3 Å². The molecule has 19 heavy (non-hydrogen) atoms. The highest BCUT2D eigenvalue weighted by atomic mass is 16.6. The maximum atomic E-state index is 11.1. The topological polar surface area (TPSA) is 75.8 Å². The van der Waals surface area contributed by atoms with Gasteiger partial charge in [0.1, 0.15) is 5.69 Å². The van der Waals surface area contributed by atoms with Crippen LogP contribution in [0.25, 0.3) is 0 Å². The van der Waals surface area contributed by atoms with E-state index < -0.39 is 6.10 Å². The lowest BCUT2D eigenvalue weighted by Crippen LogP contribution is -2.47. The van der Waals surface area contributed by atoms with Gasteiger partial charge in [-0.3, -0.25) is 10.1 Å². The monoisotopic (exact) mass is 266 g/mol. The van der Waals surface area contributed by atoms with Crippen molar-refractivity contribution in [3.8, 4) is 0 Å². The van der Waals surface area contributed by atoms with Gasteiger partial charge in [-0.2, -0.15) is 0 Å². The highest BCUT2D eigenvalue weighted by molar-refractivity contribution is 5.63. The highest BCUT2D eigenvalue weighted by Gasteiger charge is 2.28. The first-order valence-electron chi connectivity index (χ1n) is 6.35. The summed E-state index contributed by atoms with van der Waals surface area (Å²) in [5, 5.41) is 20.6. The summed E-state index contributed by atoms with van der Waals surface area (Å²) in [5.41, 5.74) is 0.696. The lowest BCUT2D eigenvalue weighted by molar-refractivity contribution is -0.384. The molecule has 1 fully saturated rings. The predicted octanol–water partition coefficient (Wildman–Crippen LogP) is 1.57. The van der Waals surface area contributed by atoms with Crippen molar-refractivity contribution in [3.05, 3.63) is 34.4 Å². The van der Waals surface area contributed by atoms with E-state index in [-0.39, 0.29) is 16.7 Å². The van der Waals surface area contributed by atoms with Gasteiger partial charge in [0.15, 0.2) is 0 Å². The molecule has 2 atom stereocenters. The van der Waals surface area contributed by atoms with Crippen molar-refractivity contribution in [2.24, 2.45) is 0 Å². The van der Waals surface area contributed by atoms with E-state index in [4.69, 9.17) is 4.74 Å². The van der Waals surface area contributed by atoms with Crippen molar-refractivity contribution in [2.45, 2.75) is 25.5 Å². The molecule has 1 aromatic carbocycles. The van der Waals surface area contributed by atoms with Gasteiger partial charge in [-0.1, -0.05) is 12.1 Å². The minimum Gasteiger partial charge on any atom is -0.393 e. The molecule has 0 aromatic heterocycles. The number of hydrogen-bond donors (Lipinski definition) is 1. The fourth-order valence-electron chi connectivity index (χ4n) is 2.42. The molecule has 1 aliphatic rings. The smallest absolute Gasteiger partial charge is 0.292 e. The summed E-state index contributed by atoms with van der Waals surface area (Å²) in [4.78, 5) is 12.7. The van der Waals surface area contributed by atoms with Crippen LogP contribution in [0.3, 0.4) is 0 Å². The molecule has 0 amide bonds. The first-order valence-corrected chi connectivity index (χ1v) is 6.35.